The molecule has 0 aromatic heterocycles. The summed E-state index contributed by atoms with van der Waals surface area (Å²) in [6.07, 6.45) is 1.89. The summed E-state index contributed by atoms with van der Waals surface area (Å²) in [4.78, 5) is 2.09. The molecule has 2 heterocycles. The van der Waals surface area contributed by atoms with Gasteiger partial charge in [-0.1, -0.05) is 41.4 Å². The van der Waals surface area contributed by atoms with Crippen LogP contribution in [0.5, 0.6) is 11.5 Å². The van der Waals surface area contributed by atoms with Gasteiger partial charge in [0.05, 0.1) is 10.8 Å². The van der Waals surface area contributed by atoms with E-state index in [0.29, 0.717) is 33.9 Å². The highest BCUT2D eigenvalue weighted by atomic mass is 35.5. The molecule has 2 aromatic rings. The second-order valence-electron chi connectivity index (χ2n) is 6.64. The highest BCUT2D eigenvalue weighted by Crippen LogP contribution is 2.36. The van der Waals surface area contributed by atoms with Crippen molar-refractivity contribution in [2.24, 2.45) is 4.40 Å². The van der Waals surface area contributed by atoms with Crippen LogP contribution in [0.4, 0.5) is 0 Å². The zero-order valence-electron chi connectivity index (χ0n) is 14.4. The summed E-state index contributed by atoms with van der Waals surface area (Å²) in [5, 5.41) is 0.803. The minimum atomic E-state index is -3.36. The van der Waals surface area contributed by atoms with Gasteiger partial charge in [0.15, 0.2) is 0 Å². The van der Waals surface area contributed by atoms with Crippen LogP contribution in [0.25, 0.3) is 0 Å². The minimum absolute atomic E-state index is 0.0161. The number of amidine groups is 1. The summed E-state index contributed by atoms with van der Waals surface area (Å²) in [6, 6.07) is 12.8. The van der Waals surface area contributed by atoms with E-state index in [2.05, 4.69) is 9.30 Å². The molecule has 5 nitrogen and oxygen atoms in total. The lowest BCUT2D eigenvalue weighted by Gasteiger charge is -2.37. The van der Waals surface area contributed by atoms with Gasteiger partial charge in [-0.25, -0.2) is 8.42 Å². The first-order chi connectivity index (χ1) is 12.9. The molecule has 0 aliphatic carbocycles. The summed E-state index contributed by atoms with van der Waals surface area (Å²) in [7, 11) is -3.36. The third-order valence-corrected chi connectivity index (χ3v) is 6.80. The molecular formula is C19H18Cl2N2O3S. The zero-order valence-corrected chi connectivity index (χ0v) is 16.8. The van der Waals surface area contributed by atoms with Crippen molar-refractivity contribution in [2.75, 3.05) is 18.8 Å². The van der Waals surface area contributed by atoms with Crippen LogP contribution in [0.15, 0.2) is 46.9 Å². The molecule has 0 saturated carbocycles. The molecule has 2 aromatic carbocycles. The number of benzene rings is 2. The standard InChI is InChI=1S/C19H18Cl2N2O3S/c20-16-4-1-5-17(18(16)21)26-14-8-6-13(7-9-14)15-3-2-10-23-11-12-27(24,25)22-19(15)23/h1,4-9,15H,2-3,10-12H2. The number of ether oxygens (including phenoxy) is 1. The maximum atomic E-state index is 11.9. The number of fused-ring (bicyclic) bond motifs is 1. The molecule has 0 spiro atoms. The van der Waals surface area contributed by atoms with Crippen molar-refractivity contribution in [3.8, 4) is 11.5 Å². The van der Waals surface area contributed by atoms with Crippen LogP contribution in [0.1, 0.15) is 24.3 Å². The first-order valence-corrected chi connectivity index (χ1v) is 11.1. The van der Waals surface area contributed by atoms with Gasteiger partial charge in [0, 0.05) is 19.0 Å². The van der Waals surface area contributed by atoms with Gasteiger partial charge in [-0.3, -0.25) is 0 Å². The molecule has 2 aliphatic rings. The largest absolute Gasteiger partial charge is 0.456 e. The van der Waals surface area contributed by atoms with Gasteiger partial charge in [0.2, 0.25) is 0 Å². The van der Waals surface area contributed by atoms with E-state index in [1.54, 1.807) is 18.2 Å². The summed E-state index contributed by atoms with van der Waals surface area (Å²) in [5.74, 6) is 1.87. The first kappa shape index (κ1) is 18.6. The molecule has 142 valence electrons. The van der Waals surface area contributed by atoms with Crippen molar-refractivity contribution in [1.82, 2.24) is 4.90 Å². The zero-order chi connectivity index (χ0) is 19.0. The maximum Gasteiger partial charge on any atom is 0.256 e. The van der Waals surface area contributed by atoms with Gasteiger partial charge in [-0.05, 0) is 42.7 Å². The molecule has 4 rings (SSSR count). The number of sulfonamides is 1. The smallest absolute Gasteiger partial charge is 0.256 e. The fourth-order valence-electron chi connectivity index (χ4n) is 3.49. The van der Waals surface area contributed by atoms with Crippen LogP contribution in [-0.2, 0) is 10.0 Å². The molecule has 2 aliphatic heterocycles. The SMILES string of the molecule is O=S1(=O)CCN2CCCC(c3ccc(Oc4cccc(Cl)c4Cl)cc3)C2=N1. The van der Waals surface area contributed by atoms with E-state index >= 15 is 0 Å². The molecule has 8 heteroatoms. The lowest BCUT2D eigenvalue weighted by Crippen LogP contribution is -2.46. The van der Waals surface area contributed by atoms with Crippen LogP contribution in [0.3, 0.4) is 0 Å². The summed E-state index contributed by atoms with van der Waals surface area (Å²) in [5.41, 5.74) is 1.03. The van der Waals surface area contributed by atoms with E-state index in [0.717, 1.165) is 24.9 Å². The van der Waals surface area contributed by atoms with Crippen molar-refractivity contribution < 1.29 is 13.2 Å². The Bertz CT molecular complexity index is 991. The fraction of sp³-hybridized carbons (Fsp3) is 0.316. The van der Waals surface area contributed by atoms with Crippen molar-refractivity contribution in [2.45, 2.75) is 18.8 Å². The van der Waals surface area contributed by atoms with Crippen molar-refractivity contribution in [3.63, 3.8) is 0 Å². The average Bonchev–Trinajstić information content (AvgIpc) is 2.65. The van der Waals surface area contributed by atoms with Crippen LogP contribution in [-0.4, -0.2) is 38.0 Å². The molecule has 0 N–H and O–H groups in total. The second-order valence-corrected chi connectivity index (χ2v) is 9.18. The topological polar surface area (TPSA) is 59.0 Å². The summed E-state index contributed by atoms with van der Waals surface area (Å²) in [6.45, 7) is 1.38. The molecule has 1 unspecified atom stereocenters. The van der Waals surface area contributed by atoms with Crippen molar-refractivity contribution >= 4 is 39.1 Å². The van der Waals surface area contributed by atoms with Crippen molar-refractivity contribution in [3.05, 3.63) is 58.1 Å². The Morgan fingerprint density at radius 2 is 1.85 bits per heavy atom. The predicted octanol–water partition coefficient (Wildman–Crippen LogP) is 4.71. The maximum absolute atomic E-state index is 11.9. The van der Waals surface area contributed by atoms with Gasteiger partial charge in [-0.15, -0.1) is 4.40 Å². The van der Waals surface area contributed by atoms with Gasteiger partial charge < -0.3 is 9.64 Å². The molecule has 1 saturated heterocycles. The molecule has 0 amide bonds. The van der Waals surface area contributed by atoms with Gasteiger partial charge in [-0.2, -0.15) is 0 Å². The predicted molar refractivity (Wildman–Crippen MR) is 108 cm³/mol. The number of halogens is 2. The van der Waals surface area contributed by atoms with E-state index < -0.39 is 10.0 Å². The molecule has 1 fully saturated rings. The Kier molecular flexibility index (Phi) is 5.05. The Morgan fingerprint density at radius 1 is 1.07 bits per heavy atom. The highest BCUT2D eigenvalue weighted by Gasteiger charge is 2.33. The minimum Gasteiger partial charge on any atom is -0.456 e. The quantitative estimate of drug-likeness (QED) is 0.715. The van der Waals surface area contributed by atoms with Crippen LogP contribution in [0, 0.1) is 0 Å². The Hall–Kier alpha value is -1.76. The third-order valence-electron chi connectivity index (χ3n) is 4.83. The monoisotopic (exact) mass is 424 g/mol. The number of rotatable bonds is 3. The van der Waals surface area contributed by atoms with E-state index in [9.17, 15) is 8.42 Å². The number of piperidine rings is 1. The summed E-state index contributed by atoms with van der Waals surface area (Å²) < 4.78 is 33.8. The molecule has 27 heavy (non-hydrogen) atoms. The Labute approximate surface area is 168 Å². The lowest BCUT2D eigenvalue weighted by molar-refractivity contribution is 0.366. The first-order valence-electron chi connectivity index (χ1n) is 8.72. The van der Waals surface area contributed by atoms with Crippen molar-refractivity contribution in [1.29, 1.82) is 0 Å². The highest BCUT2D eigenvalue weighted by molar-refractivity contribution is 7.90. The van der Waals surface area contributed by atoms with Gasteiger partial charge in [0.1, 0.15) is 22.4 Å². The number of nitrogens with zero attached hydrogens (tertiary/aromatic N) is 2. The average molecular weight is 425 g/mol. The van der Waals surface area contributed by atoms with E-state index in [1.807, 2.05) is 24.3 Å². The fourth-order valence-corrected chi connectivity index (χ4v) is 4.89. The molecule has 0 radical (unpaired) electrons. The summed E-state index contributed by atoms with van der Waals surface area (Å²) >= 11 is 12.2. The Morgan fingerprint density at radius 3 is 2.63 bits per heavy atom. The molecule has 0 bridgehead atoms. The second kappa shape index (κ2) is 7.34. The lowest BCUT2D eigenvalue weighted by atomic mass is 9.89. The number of hydrogen-bond acceptors (Lipinski definition) is 4. The van der Waals surface area contributed by atoms with Crippen LogP contribution in [0.2, 0.25) is 10.0 Å². The van der Waals surface area contributed by atoms with Crippen LogP contribution >= 0.6 is 23.2 Å². The van der Waals surface area contributed by atoms with E-state index in [4.69, 9.17) is 27.9 Å². The van der Waals surface area contributed by atoms with Gasteiger partial charge >= 0.3 is 0 Å². The third kappa shape index (κ3) is 3.93. The van der Waals surface area contributed by atoms with Gasteiger partial charge in [0.25, 0.3) is 10.0 Å². The normalized spacial score (nSPS) is 21.3. The van der Waals surface area contributed by atoms with E-state index in [-0.39, 0.29) is 11.7 Å². The molecule has 1 atom stereocenters. The molecular weight excluding hydrogens is 407 g/mol. The number of hydrogen-bond donors (Lipinski definition) is 0. The Balaban J connectivity index is 1.58. The van der Waals surface area contributed by atoms with E-state index in [1.165, 1.54) is 0 Å². The van der Waals surface area contributed by atoms with Crippen LogP contribution < -0.4 is 4.74 Å².